The largest absolute Gasteiger partial charge is 0.497 e. The number of nitrogens with one attached hydrogen (secondary N) is 1. The Morgan fingerprint density at radius 2 is 1.96 bits per heavy atom. The van der Waals surface area contributed by atoms with Crippen LogP contribution in [0.15, 0.2) is 36.4 Å². The zero-order valence-electron chi connectivity index (χ0n) is 16.0. The van der Waals surface area contributed by atoms with Crippen LogP contribution >= 0.6 is 0 Å². The van der Waals surface area contributed by atoms with Crippen molar-refractivity contribution in [3.8, 4) is 16.9 Å². The van der Waals surface area contributed by atoms with Crippen molar-refractivity contribution in [1.29, 1.82) is 0 Å². The summed E-state index contributed by atoms with van der Waals surface area (Å²) in [6.07, 6.45) is 2.43. The van der Waals surface area contributed by atoms with Crippen LogP contribution in [0.5, 0.6) is 5.75 Å². The van der Waals surface area contributed by atoms with Gasteiger partial charge in [0.1, 0.15) is 17.4 Å². The van der Waals surface area contributed by atoms with Crippen LogP contribution in [0.4, 0.5) is 19.3 Å². The summed E-state index contributed by atoms with van der Waals surface area (Å²) >= 11 is 0. The number of rotatable bonds is 6. The highest BCUT2D eigenvalue weighted by Gasteiger charge is 2.21. The van der Waals surface area contributed by atoms with Crippen LogP contribution < -0.4 is 10.1 Å². The number of nitrogens with zero attached hydrogens (tertiary/aromatic N) is 1. The van der Waals surface area contributed by atoms with Crippen molar-refractivity contribution in [3.63, 3.8) is 0 Å². The summed E-state index contributed by atoms with van der Waals surface area (Å²) in [5, 5.41) is 2.66. The molecule has 2 aromatic rings. The van der Waals surface area contributed by atoms with E-state index in [1.165, 1.54) is 19.2 Å². The quantitative estimate of drug-likeness (QED) is 0.779. The van der Waals surface area contributed by atoms with Gasteiger partial charge in [-0.25, -0.2) is 13.6 Å². The summed E-state index contributed by atoms with van der Waals surface area (Å²) in [6, 6.07) is 8.50. The maximum Gasteiger partial charge on any atom is 0.411 e. The maximum absolute atomic E-state index is 13.6. The van der Waals surface area contributed by atoms with Crippen molar-refractivity contribution >= 4 is 11.8 Å². The summed E-state index contributed by atoms with van der Waals surface area (Å²) in [7, 11) is 3.56. The zero-order valence-corrected chi connectivity index (χ0v) is 16.0. The molecule has 0 aliphatic carbocycles. The number of carbonyl (C=O) groups excluding carboxylic acids is 1. The number of methoxy groups -OCH3 is 1. The number of hydrogen-bond acceptors (Lipinski definition) is 4. The first-order valence-electron chi connectivity index (χ1n) is 9.25. The molecular formula is C21H24F2N2O3. The average Bonchev–Trinajstić information content (AvgIpc) is 3.06. The molecule has 1 fully saturated rings. The number of halogens is 2. The molecule has 5 nitrogen and oxygen atoms in total. The van der Waals surface area contributed by atoms with E-state index in [1.54, 1.807) is 18.2 Å². The molecule has 1 saturated heterocycles. The van der Waals surface area contributed by atoms with E-state index in [1.807, 2.05) is 0 Å². The van der Waals surface area contributed by atoms with E-state index in [-0.39, 0.29) is 0 Å². The van der Waals surface area contributed by atoms with Gasteiger partial charge >= 0.3 is 6.09 Å². The lowest BCUT2D eigenvalue weighted by atomic mass is 10.0. The molecule has 7 heteroatoms. The lowest BCUT2D eigenvalue weighted by Crippen LogP contribution is -2.27. The van der Waals surface area contributed by atoms with Crippen molar-refractivity contribution in [3.05, 3.63) is 48.0 Å². The van der Waals surface area contributed by atoms with E-state index in [0.29, 0.717) is 35.2 Å². The lowest BCUT2D eigenvalue weighted by Gasteiger charge is -2.19. The van der Waals surface area contributed by atoms with Gasteiger partial charge in [-0.2, -0.15) is 0 Å². The Balaban J connectivity index is 1.71. The molecule has 0 bridgehead atoms. The van der Waals surface area contributed by atoms with Crippen LogP contribution in [0.1, 0.15) is 19.3 Å². The Labute approximate surface area is 163 Å². The van der Waals surface area contributed by atoms with Crippen molar-refractivity contribution in [2.45, 2.75) is 25.3 Å². The molecule has 1 atom stereocenters. The Morgan fingerprint density at radius 3 is 2.61 bits per heavy atom. The second-order valence-electron chi connectivity index (χ2n) is 6.90. The third kappa shape index (κ3) is 4.98. The Kier molecular flexibility index (Phi) is 6.46. The lowest BCUT2D eigenvalue weighted by molar-refractivity contribution is 0.147. The predicted octanol–water partition coefficient (Wildman–Crippen LogP) is 4.67. The van der Waals surface area contributed by atoms with E-state index >= 15 is 0 Å². The van der Waals surface area contributed by atoms with Crippen LogP contribution in [-0.4, -0.2) is 44.3 Å². The Bertz CT molecular complexity index is 824. The third-order valence-electron chi connectivity index (χ3n) is 4.99. The molecule has 3 rings (SSSR count). The monoisotopic (exact) mass is 390 g/mol. The van der Waals surface area contributed by atoms with Gasteiger partial charge in [-0.05, 0) is 68.8 Å². The summed E-state index contributed by atoms with van der Waals surface area (Å²) in [6.45, 7) is 1.37. The minimum Gasteiger partial charge on any atom is -0.497 e. The minimum atomic E-state index is -0.702. The van der Waals surface area contributed by atoms with Gasteiger partial charge in [0.2, 0.25) is 0 Å². The standard InChI is InChI=1S/C21H24F2N2O3/c1-25-8-3-4-17(25)7-9-28-21(26)24-20-6-5-18(27-2)13-19(20)14-10-15(22)12-16(23)11-14/h5-6,10-13,17H,3-4,7-9H2,1-2H3,(H,24,26). The number of anilines is 1. The summed E-state index contributed by atoms with van der Waals surface area (Å²) in [5.74, 6) is -0.901. The van der Waals surface area contributed by atoms with Crippen molar-refractivity contribution in [2.75, 3.05) is 32.6 Å². The highest BCUT2D eigenvalue weighted by Crippen LogP contribution is 2.33. The molecule has 0 spiro atoms. The van der Waals surface area contributed by atoms with E-state index in [0.717, 1.165) is 31.9 Å². The number of ether oxygens (including phenoxy) is 2. The smallest absolute Gasteiger partial charge is 0.411 e. The van der Waals surface area contributed by atoms with Crippen LogP contribution in [0.25, 0.3) is 11.1 Å². The molecule has 150 valence electrons. The van der Waals surface area contributed by atoms with Gasteiger partial charge in [0, 0.05) is 17.7 Å². The van der Waals surface area contributed by atoms with Crippen LogP contribution in [0, 0.1) is 11.6 Å². The first kappa shape index (κ1) is 20.1. The van der Waals surface area contributed by atoms with Crippen LogP contribution in [-0.2, 0) is 4.74 Å². The number of likely N-dealkylation sites (tertiary alicyclic amines) is 1. The average molecular weight is 390 g/mol. The second kappa shape index (κ2) is 9.01. The number of benzene rings is 2. The topological polar surface area (TPSA) is 50.8 Å². The first-order valence-corrected chi connectivity index (χ1v) is 9.25. The van der Waals surface area contributed by atoms with E-state index in [9.17, 15) is 13.6 Å². The summed E-state index contributed by atoms with van der Waals surface area (Å²) in [5.41, 5.74) is 1.11. The van der Waals surface area contributed by atoms with Gasteiger partial charge < -0.3 is 14.4 Å². The van der Waals surface area contributed by atoms with Gasteiger partial charge in [-0.15, -0.1) is 0 Å². The summed E-state index contributed by atoms with van der Waals surface area (Å²) in [4.78, 5) is 14.5. The van der Waals surface area contributed by atoms with E-state index in [4.69, 9.17) is 9.47 Å². The Morgan fingerprint density at radius 1 is 1.21 bits per heavy atom. The van der Waals surface area contributed by atoms with Gasteiger partial charge in [-0.1, -0.05) is 0 Å². The van der Waals surface area contributed by atoms with E-state index in [2.05, 4.69) is 17.3 Å². The highest BCUT2D eigenvalue weighted by molar-refractivity contribution is 5.92. The first-order chi connectivity index (χ1) is 13.5. The second-order valence-corrected chi connectivity index (χ2v) is 6.90. The molecule has 0 saturated carbocycles. The molecule has 1 amide bonds. The summed E-state index contributed by atoms with van der Waals surface area (Å²) < 4.78 is 37.8. The van der Waals surface area contributed by atoms with Crippen molar-refractivity contribution in [2.24, 2.45) is 0 Å². The van der Waals surface area contributed by atoms with Gasteiger partial charge in [0.05, 0.1) is 19.4 Å². The van der Waals surface area contributed by atoms with E-state index < -0.39 is 17.7 Å². The molecule has 0 radical (unpaired) electrons. The fraction of sp³-hybridized carbons (Fsp3) is 0.381. The SMILES string of the molecule is COc1ccc(NC(=O)OCCC2CCCN2C)c(-c2cc(F)cc(F)c2)c1. The molecule has 1 N–H and O–H groups in total. The van der Waals surface area contributed by atoms with Crippen LogP contribution in [0.3, 0.4) is 0 Å². The minimum absolute atomic E-state index is 0.291. The third-order valence-corrected chi connectivity index (χ3v) is 4.99. The molecule has 28 heavy (non-hydrogen) atoms. The molecule has 2 aromatic carbocycles. The number of amides is 1. The zero-order chi connectivity index (χ0) is 20.1. The fourth-order valence-corrected chi connectivity index (χ4v) is 3.49. The highest BCUT2D eigenvalue weighted by atomic mass is 19.1. The molecule has 1 aliphatic heterocycles. The fourth-order valence-electron chi connectivity index (χ4n) is 3.49. The van der Waals surface area contributed by atoms with Gasteiger partial charge in [0.15, 0.2) is 0 Å². The van der Waals surface area contributed by atoms with Gasteiger partial charge in [0.25, 0.3) is 0 Å². The van der Waals surface area contributed by atoms with Crippen molar-refractivity contribution < 1.29 is 23.0 Å². The van der Waals surface area contributed by atoms with Crippen molar-refractivity contribution in [1.82, 2.24) is 4.90 Å². The number of carbonyl (C=O) groups is 1. The normalized spacial score (nSPS) is 16.8. The molecule has 0 aromatic heterocycles. The maximum atomic E-state index is 13.6. The molecule has 1 unspecified atom stereocenters. The molecule has 1 aliphatic rings. The van der Waals surface area contributed by atoms with Crippen LogP contribution in [0.2, 0.25) is 0 Å². The Hall–Kier alpha value is -2.67. The van der Waals surface area contributed by atoms with Gasteiger partial charge in [-0.3, -0.25) is 5.32 Å². The predicted molar refractivity (Wildman–Crippen MR) is 104 cm³/mol. The molecule has 1 heterocycles. The molecular weight excluding hydrogens is 366 g/mol. The number of hydrogen-bond donors (Lipinski definition) is 1.